The Morgan fingerprint density at radius 1 is 1.23 bits per heavy atom. The molecule has 3 N–H and O–H groups in total. The van der Waals surface area contributed by atoms with Gasteiger partial charge < -0.3 is 5.73 Å². The predicted molar refractivity (Wildman–Crippen MR) is 46.7 cm³/mol. The van der Waals surface area contributed by atoms with Crippen LogP contribution in [0, 0.1) is 17.8 Å². The molecule has 2 rings (SSSR count). The lowest BCUT2D eigenvalue weighted by atomic mass is 9.88. The molecule has 2 aliphatic carbocycles. The first-order chi connectivity index (χ1) is 6.16. The lowest BCUT2D eigenvalue weighted by Crippen LogP contribution is -2.40. The van der Waals surface area contributed by atoms with Crippen LogP contribution < -0.4 is 11.1 Å². The quantitative estimate of drug-likeness (QED) is 0.623. The van der Waals surface area contributed by atoms with Crippen molar-refractivity contribution in [2.75, 3.05) is 0 Å². The van der Waals surface area contributed by atoms with Crippen LogP contribution in [0.3, 0.4) is 0 Å². The summed E-state index contributed by atoms with van der Waals surface area (Å²) in [4.78, 5) is 21.9. The van der Waals surface area contributed by atoms with Crippen LogP contribution in [0.2, 0.25) is 0 Å². The molecule has 2 saturated carbocycles. The summed E-state index contributed by atoms with van der Waals surface area (Å²) in [5.41, 5.74) is 4.89. The number of primary amides is 1. The molecule has 72 valence electrons. The van der Waals surface area contributed by atoms with Gasteiger partial charge in [-0.2, -0.15) is 0 Å². The number of carbonyl (C=O) groups is 2. The summed E-state index contributed by atoms with van der Waals surface area (Å²) in [6.07, 6.45) is 4.51. The number of amides is 3. The molecule has 0 unspecified atom stereocenters. The first-order valence-electron chi connectivity index (χ1n) is 4.77. The molecule has 0 spiro atoms. The normalized spacial score (nSPS) is 36.2. The van der Waals surface area contributed by atoms with Gasteiger partial charge in [0.15, 0.2) is 0 Å². The van der Waals surface area contributed by atoms with E-state index < -0.39 is 6.03 Å². The molecule has 2 bridgehead atoms. The Morgan fingerprint density at radius 3 is 2.46 bits per heavy atom. The van der Waals surface area contributed by atoms with E-state index in [4.69, 9.17) is 5.73 Å². The number of hydrogen-bond acceptors (Lipinski definition) is 2. The minimum atomic E-state index is -0.729. The number of carbonyl (C=O) groups excluding carboxylic acids is 2. The zero-order chi connectivity index (χ0) is 9.42. The molecule has 3 amide bonds. The van der Waals surface area contributed by atoms with E-state index in [-0.39, 0.29) is 11.8 Å². The second-order valence-electron chi connectivity index (χ2n) is 4.13. The van der Waals surface area contributed by atoms with Gasteiger partial charge in [0, 0.05) is 5.92 Å². The maximum Gasteiger partial charge on any atom is 0.318 e. The molecular weight excluding hydrogens is 168 g/mol. The second-order valence-corrected chi connectivity index (χ2v) is 4.13. The van der Waals surface area contributed by atoms with E-state index in [1.54, 1.807) is 0 Å². The molecule has 0 aromatic rings. The van der Waals surface area contributed by atoms with E-state index >= 15 is 0 Å². The van der Waals surface area contributed by atoms with Crippen molar-refractivity contribution in [2.24, 2.45) is 23.5 Å². The molecule has 3 atom stereocenters. The highest BCUT2D eigenvalue weighted by Gasteiger charge is 2.43. The van der Waals surface area contributed by atoms with Crippen molar-refractivity contribution in [3.63, 3.8) is 0 Å². The third-order valence-electron chi connectivity index (χ3n) is 3.32. The molecule has 0 radical (unpaired) electrons. The summed E-state index contributed by atoms with van der Waals surface area (Å²) in [6.45, 7) is 0. The van der Waals surface area contributed by atoms with Gasteiger partial charge in [0.05, 0.1) is 0 Å². The van der Waals surface area contributed by atoms with Gasteiger partial charge in [0.2, 0.25) is 5.91 Å². The fourth-order valence-electron chi connectivity index (χ4n) is 2.78. The molecule has 0 aliphatic heterocycles. The molecule has 13 heavy (non-hydrogen) atoms. The maximum atomic E-state index is 11.4. The molecular formula is C9H14N2O2. The van der Waals surface area contributed by atoms with Crippen molar-refractivity contribution in [1.82, 2.24) is 5.32 Å². The summed E-state index contributed by atoms with van der Waals surface area (Å²) in [5.74, 6) is 1.10. The zero-order valence-electron chi connectivity index (χ0n) is 7.45. The second kappa shape index (κ2) is 3.01. The first-order valence-corrected chi connectivity index (χ1v) is 4.77. The van der Waals surface area contributed by atoms with Gasteiger partial charge in [-0.25, -0.2) is 4.79 Å². The molecule has 0 aromatic carbocycles. The van der Waals surface area contributed by atoms with Gasteiger partial charge in [-0.1, -0.05) is 6.42 Å². The maximum absolute atomic E-state index is 11.4. The average Bonchev–Trinajstić information content (AvgIpc) is 2.62. The van der Waals surface area contributed by atoms with Crippen molar-refractivity contribution >= 4 is 11.9 Å². The Morgan fingerprint density at radius 2 is 2.00 bits per heavy atom. The largest absolute Gasteiger partial charge is 0.351 e. The van der Waals surface area contributed by atoms with Crippen LogP contribution in [0.5, 0.6) is 0 Å². The number of fused-ring (bicyclic) bond motifs is 2. The van der Waals surface area contributed by atoms with Crippen LogP contribution in [0.1, 0.15) is 25.7 Å². The Labute approximate surface area is 76.9 Å². The van der Waals surface area contributed by atoms with Crippen LogP contribution in [0.25, 0.3) is 0 Å². The Balaban J connectivity index is 1.95. The van der Waals surface area contributed by atoms with Crippen molar-refractivity contribution < 1.29 is 9.59 Å². The van der Waals surface area contributed by atoms with Crippen LogP contribution in [0.15, 0.2) is 0 Å². The fourth-order valence-corrected chi connectivity index (χ4v) is 2.78. The molecule has 2 aliphatic rings. The highest BCUT2D eigenvalue weighted by atomic mass is 16.2. The van der Waals surface area contributed by atoms with E-state index in [9.17, 15) is 9.59 Å². The van der Waals surface area contributed by atoms with E-state index in [1.807, 2.05) is 0 Å². The summed E-state index contributed by atoms with van der Waals surface area (Å²) in [6, 6.07) is -0.729. The molecule has 0 heterocycles. The van der Waals surface area contributed by atoms with Crippen LogP contribution >= 0.6 is 0 Å². The molecule has 2 fully saturated rings. The first kappa shape index (κ1) is 8.53. The van der Waals surface area contributed by atoms with Crippen LogP contribution in [0.4, 0.5) is 4.79 Å². The van der Waals surface area contributed by atoms with E-state index in [1.165, 1.54) is 6.42 Å². The standard InChI is InChI=1S/C9H14N2O2/c10-9(13)11-8(12)7-4-5-1-2-6(7)3-5/h5-7H,1-4H2,(H3,10,11,12,13)/t5-,6+,7-/m1/s1. The number of imide groups is 1. The Kier molecular flexibility index (Phi) is 1.98. The number of rotatable bonds is 1. The molecule has 4 heteroatoms. The van der Waals surface area contributed by atoms with Crippen molar-refractivity contribution in [2.45, 2.75) is 25.7 Å². The van der Waals surface area contributed by atoms with Gasteiger partial charge in [-0.15, -0.1) is 0 Å². The minimum absolute atomic E-state index is 0.0475. The van der Waals surface area contributed by atoms with Crippen LogP contribution in [-0.2, 0) is 4.79 Å². The highest BCUT2D eigenvalue weighted by Crippen LogP contribution is 2.48. The third-order valence-corrected chi connectivity index (χ3v) is 3.32. The lowest BCUT2D eigenvalue weighted by Gasteiger charge is -2.19. The van der Waals surface area contributed by atoms with Crippen molar-refractivity contribution in [3.05, 3.63) is 0 Å². The highest BCUT2D eigenvalue weighted by molar-refractivity contribution is 5.95. The number of urea groups is 1. The van der Waals surface area contributed by atoms with Gasteiger partial charge >= 0.3 is 6.03 Å². The number of nitrogens with two attached hydrogens (primary N) is 1. The van der Waals surface area contributed by atoms with Gasteiger partial charge in [0.1, 0.15) is 0 Å². The molecule has 0 saturated heterocycles. The summed E-state index contributed by atoms with van der Waals surface area (Å²) >= 11 is 0. The van der Waals surface area contributed by atoms with Gasteiger partial charge in [-0.05, 0) is 31.1 Å². The summed E-state index contributed by atoms with van der Waals surface area (Å²) in [7, 11) is 0. The van der Waals surface area contributed by atoms with Crippen LogP contribution in [-0.4, -0.2) is 11.9 Å². The summed E-state index contributed by atoms with van der Waals surface area (Å²) < 4.78 is 0. The minimum Gasteiger partial charge on any atom is -0.351 e. The topological polar surface area (TPSA) is 72.2 Å². The Bertz CT molecular complexity index is 252. The summed E-state index contributed by atoms with van der Waals surface area (Å²) in [5, 5.41) is 2.17. The van der Waals surface area contributed by atoms with Crippen molar-refractivity contribution in [3.8, 4) is 0 Å². The van der Waals surface area contributed by atoms with E-state index in [0.29, 0.717) is 11.8 Å². The van der Waals surface area contributed by atoms with Gasteiger partial charge in [-0.3, -0.25) is 10.1 Å². The van der Waals surface area contributed by atoms with Gasteiger partial charge in [0.25, 0.3) is 0 Å². The smallest absolute Gasteiger partial charge is 0.318 e. The Hall–Kier alpha value is -1.06. The molecule has 0 aromatic heterocycles. The zero-order valence-corrected chi connectivity index (χ0v) is 7.45. The molecule has 4 nitrogen and oxygen atoms in total. The van der Waals surface area contributed by atoms with E-state index in [0.717, 1.165) is 19.3 Å². The fraction of sp³-hybridized carbons (Fsp3) is 0.778. The lowest BCUT2D eigenvalue weighted by molar-refractivity contribution is -0.125. The SMILES string of the molecule is NC(=O)NC(=O)[C@@H]1C[C@@H]2CC[C@H]1C2. The van der Waals surface area contributed by atoms with Crippen molar-refractivity contribution in [1.29, 1.82) is 0 Å². The number of nitrogens with one attached hydrogen (secondary N) is 1. The number of hydrogen-bond donors (Lipinski definition) is 2. The predicted octanol–water partition coefficient (Wildman–Crippen LogP) is 0.617. The third kappa shape index (κ3) is 1.53. The average molecular weight is 182 g/mol. The van der Waals surface area contributed by atoms with E-state index in [2.05, 4.69) is 5.32 Å². The monoisotopic (exact) mass is 182 g/mol.